The molecular weight excluding hydrogens is 1040 g/mol. The molecule has 7 aromatic rings. The number of hydrogen-bond acceptors (Lipinski definition) is 24. The topological polar surface area (TPSA) is 326 Å². The zero-order chi connectivity index (χ0) is 51.3. The van der Waals surface area contributed by atoms with Gasteiger partial charge in [-0.05, 0) is 111 Å². The highest BCUT2D eigenvalue weighted by Gasteiger charge is 2.23. The normalized spacial score (nSPS) is 12.4. The Balaban J connectivity index is 1.30. The molecule has 0 saturated heterocycles. The molecule has 7 rings (SSSR count). The maximum absolute atomic E-state index is 12.0. The van der Waals surface area contributed by atoms with Crippen molar-refractivity contribution in [2.75, 3.05) is 72.3 Å². The Kier molecular flexibility index (Phi) is 16.3. The molecule has 5 N–H and O–H groups in total. The van der Waals surface area contributed by atoms with Gasteiger partial charge in [-0.1, -0.05) is 11.8 Å². The lowest BCUT2D eigenvalue weighted by Gasteiger charge is -2.22. The molecule has 3 heterocycles. The van der Waals surface area contributed by atoms with Crippen molar-refractivity contribution in [1.29, 1.82) is 0 Å². The van der Waals surface area contributed by atoms with Gasteiger partial charge in [-0.2, -0.15) is 49.0 Å². The number of nitrogens with one attached hydrogen (secondary N) is 2. The van der Waals surface area contributed by atoms with Gasteiger partial charge in [0.15, 0.2) is 15.2 Å². The second-order valence-corrected chi connectivity index (χ2v) is 21.7. The molecule has 71 heavy (non-hydrogen) atoms. The van der Waals surface area contributed by atoms with E-state index in [1.54, 1.807) is 12.1 Å². The molecule has 24 nitrogen and oxygen atoms in total. The van der Waals surface area contributed by atoms with Crippen LogP contribution in [0, 0.1) is 0 Å². The first-order valence-corrected chi connectivity index (χ1v) is 28.2. The number of azo groups is 2. The molecule has 0 radical (unpaired) electrons. The second-order valence-electron chi connectivity index (χ2n) is 14.8. The predicted octanol–water partition coefficient (Wildman–Crippen LogP) is 9.59. The molecule has 4 aromatic carbocycles. The molecule has 0 fully saturated rings. The average Bonchev–Trinajstić information content (AvgIpc) is 3.92. The van der Waals surface area contributed by atoms with Crippen LogP contribution in [0.3, 0.4) is 0 Å². The highest BCUT2D eigenvalue weighted by atomic mass is 32.2. The Bertz CT molecular complexity index is 3310. The Labute approximate surface area is 420 Å². The summed E-state index contributed by atoms with van der Waals surface area (Å²) in [6, 6.07) is 16.0. The zero-order valence-corrected chi connectivity index (χ0v) is 43.4. The van der Waals surface area contributed by atoms with Crippen LogP contribution in [-0.2, 0) is 30.4 Å². The van der Waals surface area contributed by atoms with Crippen LogP contribution in [0.15, 0.2) is 96.1 Å². The first-order chi connectivity index (χ1) is 33.7. The van der Waals surface area contributed by atoms with Crippen LogP contribution in [0.2, 0.25) is 0 Å². The van der Waals surface area contributed by atoms with Gasteiger partial charge in [0.05, 0.1) is 42.4 Å². The lowest BCUT2D eigenvalue weighted by atomic mass is 10.2. The number of methoxy groups -OCH3 is 2. The summed E-state index contributed by atoms with van der Waals surface area (Å²) in [6.45, 7) is 10.7. The smallest absolute Gasteiger partial charge is 0.298 e. The number of thioether (sulfide) groups is 1. The van der Waals surface area contributed by atoms with Crippen molar-refractivity contribution in [3.8, 4) is 11.5 Å². The van der Waals surface area contributed by atoms with E-state index in [-0.39, 0.29) is 45.3 Å². The van der Waals surface area contributed by atoms with Gasteiger partial charge in [-0.15, -0.1) is 20.5 Å². The average molecular weight is 1090 g/mol. The standard InChI is InChI=1S/C41H45N13O11S6/c1-7-53(8-2)23-11-13-27(47-49-37-25-19-33(64-5)35(70(58,59)60)21-29(25)51-67-37)31(17-23)42-39-44-40(46-41(45-39)66-15-16-69(55,56)57)43-32-18-24(54(9-3)10-4)12-14-28(32)48-50-38-26-20-34(65-6)36(71(61,62)63)22-30(26)52-68-38/h11-14,17-22H,7-10,15-16H2,1-6H3,(H,55,56,57)(H,58,59,60)(H,61,62,63)(H2,42,43,44,45,46)/b49-47+,50-48+. The van der Waals surface area contributed by atoms with Crippen molar-refractivity contribution >= 4 is 143 Å². The van der Waals surface area contributed by atoms with Gasteiger partial charge in [0.25, 0.3) is 30.4 Å². The van der Waals surface area contributed by atoms with E-state index < -0.39 is 45.9 Å². The van der Waals surface area contributed by atoms with Gasteiger partial charge in [-0.3, -0.25) is 13.7 Å². The van der Waals surface area contributed by atoms with E-state index in [1.165, 1.54) is 38.5 Å². The number of benzene rings is 4. The third-order valence-corrected chi connectivity index (χ3v) is 15.5. The summed E-state index contributed by atoms with van der Waals surface area (Å²) >= 11 is 2.83. The van der Waals surface area contributed by atoms with Crippen molar-refractivity contribution < 1.29 is 48.4 Å². The van der Waals surface area contributed by atoms with Gasteiger partial charge in [-0.25, -0.2) is 0 Å². The number of ether oxygens (including phenoxy) is 2. The first kappa shape index (κ1) is 52.6. The lowest BCUT2D eigenvalue weighted by molar-refractivity contribution is 0.398. The summed E-state index contributed by atoms with van der Waals surface area (Å²) in [6.07, 6.45) is 0. The monoisotopic (exact) mass is 1090 g/mol. The van der Waals surface area contributed by atoms with E-state index in [4.69, 9.17) is 14.5 Å². The summed E-state index contributed by atoms with van der Waals surface area (Å²) in [5.41, 5.74) is 3.50. The van der Waals surface area contributed by atoms with E-state index in [9.17, 15) is 38.9 Å². The van der Waals surface area contributed by atoms with Crippen molar-refractivity contribution in [3.05, 3.63) is 60.7 Å². The highest BCUT2D eigenvalue weighted by Crippen LogP contribution is 2.42. The zero-order valence-electron chi connectivity index (χ0n) is 38.5. The van der Waals surface area contributed by atoms with Crippen molar-refractivity contribution in [3.63, 3.8) is 0 Å². The van der Waals surface area contributed by atoms with Gasteiger partial charge >= 0.3 is 0 Å². The fourth-order valence-corrected chi connectivity index (χ4v) is 11.3. The summed E-state index contributed by atoms with van der Waals surface area (Å²) in [5, 5.41) is 26.0. The molecule has 30 heteroatoms. The van der Waals surface area contributed by atoms with Crippen LogP contribution in [0.4, 0.5) is 56.0 Å². The molecule has 0 bridgehead atoms. The number of hydrogen-bond donors (Lipinski definition) is 5. The Hall–Kier alpha value is -6.25. The van der Waals surface area contributed by atoms with Gasteiger partial charge in [0.2, 0.25) is 11.9 Å². The van der Waals surface area contributed by atoms with Crippen LogP contribution in [0.1, 0.15) is 27.7 Å². The van der Waals surface area contributed by atoms with E-state index in [0.29, 0.717) is 69.7 Å². The third kappa shape index (κ3) is 12.6. The predicted molar refractivity (Wildman–Crippen MR) is 274 cm³/mol. The molecule has 0 aliphatic rings. The maximum atomic E-state index is 12.0. The molecule has 0 aliphatic heterocycles. The molecular formula is C41H45N13O11S6. The van der Waals surface area contributed by atoms with Crippen molar-refractivity contribution in [2.45, 2.75) is 42.6 Å². The number of anilines is 6. The Morgan fingerprint density at radius 2 is 1.03 bits per heavy atom. The molecule has 376 valence electrons. The minimum atomic E-state index is -4.63. The molecule has 0 saturated carbocycles. The fourth-order valence-electron chi connectivity index (χ4n) is 6.95. The van der Waals surface area contributed by atoms with Gasteiger partial charge in [0.1, 0.15) is 32.7 Å². The number of aromatic nitrogens is 5. The van der Waals surface area contributed by atoms with Crippen molar-refractivity contribution in [1.82, 2.24) is 23.7 Å². The quantitative estimate of drug-likeness (QED) is 0.0239. The van der Waals surface area contributed by atoms with E-state index in [0.717, 1.165) is 46.2 Å². The van der Waals surface area contributed by atoms with Crippen LogP contribution in [0.25, 0.3) is 21.8 Å². The summed E-state index contributed by atoms with van der Waals surface area (Å²) < 4.78 is 120. The molecule has 0 unspecified atom stereocenters. The highest BCUT2D eigenvalue weighted by molar-refractivity contribution is 8.00. The Morgan fingerprint density at radius 3 is 1.39 bits per heavy atom. The van der Waals surface area contributed by atoms with Crippen LogP contribution < -0.4 is 29.9 Å². The molecule has 0 amide bonds. The van der Waals surface area contributed by atoms with Gasteiger partial charge < -0.3 is 29.9 Å². The van der Waals surface area contributed by atoms with E-state index in [1.807, 2.05) is 52.0 Å². The summed E-state index contributed by atoms with van der Waals surface area (Å²) in [7, 11) is -11.1. The second kappa shape index (κ2) is 22.0. The third-order valence-electron chi connectivity index (χ3n) is 10.4. The minimum Gasteiger partial charge on any atom is -0.495 e. The Morgan fingerprint density at radius 1 is 0.606 bits per heavy atom. The molecule has 0 aliphatic carbocycles. The summed E-state index contributed by atoms with van der Waals surface area (Å²) in [4.78, 5) is 17.2. The SMILES string of the molecule is CCN(CC)c1ccc(/N=N/c2snc3cc(S(=O)(=O)O)c(OC)cc23)c(Nc2nc(Nc3cc(N(CC)CC)ccc3/N=N/c3snc4cc(S(=O)(=O)O)c(OC)cc34)nc(SCCS(=O)(=O)O)n2)c1. The molecule has 0 atom stereocenters. The molecule has 0 spiro atoms. The minimum absolute atomic E-state index is 0.00636. The first-order valence-electron chi connectivity index (χ1n) is 21.1. The molecule has 3 aromatic heterocycles. The lowest BCUT2D eigenvalue weighted by Crippen LogP contribution is -2.21. The maximum Gasteiger partial charge on any atom is 0.298 e. The van der Waals surface area contributed by atoms with E-state index >= 15 is 0 Å². The number of fused-ring (bicyclic) bond motifs is 2. The summed E-state index contributed by atoms with van der Waals surface area (Å²) in [5.74, 6) is -0.951. The number of rotatable bonds is 22. The van der Waals surface area contributed by atoms with Crippen molar-refractivity contribution in [2.24, 2.45) is 20.5 Å². The van der Waals surface area contributed by atoms with Crippen LogP contribution >= 0.6 is 34.8 Å². The van der Waals surface area contributed by atoms with E-state index in [2.05, 4.69) is 59.6 Å². The van der Waals surface area contributed by atoms with Gasteiger partial charge in [0, 0.05) is 54.1 Å². The van der Waals surface area contributed by atoms with Crippen LogP contribution in [-0.4, -0.2) is 115 Å². The largest absolute Gasteiger partial charge is 0.495 e. The van der Waals surface area contributed by atoms with Crippen LogP contribution in [0.5, 0.6) is 11.5 Å². The number of nitrogens with zero attached hydrogens (tertiary/aromatic N) is 11. The fraction of sp³-hybridized carbons (Fsp3) is 0.293.